The Morgan fingerprint density at radius 2 is 1.84 bits per heavy atom. The predicted octanol–water partition coefficient (Wildman–Crippen LogP) is 3.70. The number of nitrogens with one attached hydrogen (secondary N) is 3. The number of nitrogen functional groups attached to an aromatic ring is 1. The van der Waals surface area contributed by atoms with Crippen LogP contribution < -0.4 is 16.4 Å². The Morgan fingerprint density at radius 3 is 2.39 bits per heavy atom. The lowest BCUT2D eigenvalue weighted by Gasteiger charge is -2.30. The Bertz CT molecular complexity index is 895. The Kier molecular flexibility index (Phi) is 8.71. The number of carbonyl (C=O) groups is 1. The van der Waals surface area contributed by atoms with E-state index in [1.807, 2.05) is 12.1 Å². The number of piperidine rings is 1. The van der Waals surface area contributed by atoms with E-state index in [2.05, 4.69) is 35.6 Å². The van der Waals surface area contributed by atoms with Crippen LogP contribution in [0.15, 0.2) is 42.5 Å². The van der Waals surface area contributed by atoms with Crippen molar-refractivity contribution in [1.82, 2.24) is 4.90 Å². The number of amidine groups is 1. The van der Waals surface area contributed by atoms with E-state index in [-0.39, 0.29) is 18.2 Å². The molecule has 1 aliphatic rings. The van der Waals surface area contributed by atoms with Gasteiger partial charge in [0, 0.05) is 23.0 Å². The molecule has 7 nitrogen and oxygen atoms in total. The number of nitrogens with zero attached hydrogens (tertiary/aromatic N) is 1. The third-order valence-corrected chi connectivity index (χ3v) is 5.60. The Balaban J connectivity index is 0.00000341. The van der Waals surface area contributed by atoms with Crippen LogP contribution in [0.1, 0.15) is 42.5 Å². The minimum absolute atomic E-state index is 0. The topological polar surface area (TPSA) is 114 Å². The SMILES string of the molecule is CCc1cc(NC2CCN(C)CC2)cc(C(Nc2ccc(C(=N)N)cc2)C(=O)O)c1.Cl. The molecule has 0 bridgehead atoms. The second-order valence-corrected chi connectivity index (χ2v) is 7.95. The van der Waals surface area contributed by atoms with Gasteiger partial charge < -0.3 is 26.4 Å². The van der Waals surface area contributed by atoms with Gasteiger partial charge in [0.2, 0.25) is 0 Å². The van der Waals surface area contributed by atoms with Gasteiger partial charge in [-0.05, 0) is 86.9 Å². The van der Waals surface area contributed by atoms with Crippen LogP contribution in [-0.4, -0.2) is 48.0 Å². The zero-order valence-corrected chi connectivity index (χ0v) is 18.8. The second-order valence-electron chi connectivity index (χ2n) is 7.95. The van der Waals surface area contributed by atoms with E-state index in [9.17, 15) is 9.90 Å². The summed E-state index contributed by atoms with van der Waals surface area (Å²) in [6, 6.07) is 12.4. The highest BCUT2D eigenvalue weighted by molar-refractivity contribution is 5.95. The standard InChI is InChI=1S/C23H31N5O2.ClH/c1-3-15-12-17(14-20(13-15)26-19-8-10-28(2)11-9-19)21(23(29)30)27-18-6-4-16(5-7-18)22(24)25;/h4-7,12-14,19,21,26-27H,3,8-11H2,1-2H3,(H3,24,25)(H,29,30);1H. The fourth-order valence-corrected chi connectivity index (χ4v) is 3.76. The molecule has 1 atom stereocenters. The smallest absolute Gasteiger partial charge is 0.330 e. The van der Waals surface area contributed by atoms with Crippen molar-refractivity contribution in [2.24, 2.45) is 5.73 Å². The number of halogens is 1. The molecule has 3 rings (SSSR count). The largest absolute Gasteiger partial charge is 0.479 e. The number of hydrogen-bond acceptors (Lipinski definition) is 5. The third kappa shape index (κ3) is 6.60. The highest BCUT2D eigenvalue weighted by atomic mass is 35.5. The van der Waals surface area contributed by atoms with Gasteiger partial charge in [-0.25, -0.2) is 4.79 Å². The first kappa shape index (κ1) is 24.5. The summed E-state index contributed by atoms with van der Waals surface area (Å²) in [5.41, 5.74) is 9.55. The number of nitrogens with two attached hydrogens (primary N) is 1. The average molecular weight is 446 g/mol. The molecular formula is C23H32ClN5O2. The molecule has 6 N–H and O–H groups in total. The monoisotopic (exact) mass is 445 g/mol. The molecule has 0 radical (unpaired) electrons. The number of benzene rings is 2. The van der Waals surface area contributed by atoms with Crippen molar-refractivity contribution in [1.29, 1.82) is 5.41 Å². The molecule has 1 saturated heterocycles. The highest BCUT2D eigenvalue weighted by Gasteiger charge is 2.22. The lowest BCUT2D eigenvalue weighted by atomic mass is 9.99. The van der Waals surface area contributed by atoms with E-state index in [1.165, 1.54) is 0 Å². The highest BCUT2D eigenvalue weighted by Crippen LogP contribution is 2.26. The van der Waals surface area contributed by atoms with E-state index in [1.54, 1.807) is 24.3 Å². The van der Waals surface area contributed by atoms with Crippen LogP contribution in [-0.2, 0) is 11.2 Å². The summed E-state index contributed by atoms with van der Waals surface area (Å²) in [4.78, 5) is 14.4. The number of anilines is 2. The van der Waals surface area contributed by atoms with E-state index >= 15 is 0 Å². The summed E-state index contributed by atoms with van der Waals surface area (Å²) >= 11 is 0. The van der Waals surface area contributed by atoms with Crippen molar-refractivity contribution in [3.05, 3.63) is 59.2 Å². The molecule has 0 saturated carbocycles. The van der Waals surface area contributed by atoms with Crippen LogP contribution in [0.4, 0.5) is 11.4 Å². The lowest BCUT2D eigenvalue weighted by molar-refractivity contribution is -0.138. The first-order chi connectivity index (χ1) is 14.4. The molecule has 2 aromatic carbocycles. The summed E-state index contributed by atoms with van der Waals surface area (Å²) in [7, 11) is 2.14. The summed E-state index contributed by atoms with van der Waals surface area (Å²) in [6.07, 6.45) is 2.98. The summed E-state index contributed by atoms with van der Waals surface area (Å²) in [5.74, 6) is -0.958. The first-order valence-corrected chi connectivity index (χ1v) is 10.4. The van der Waals surface area contributed by atoms with Crippen LogP contribution in [0.25, 0.3) is 0 Å². The summed E-state index contributed by atoms with van der Waals surface area (Å²) in [5, 5.41) is 24.1. The number of carboxylic acid groups (broad SMARTS) is 1. The molecule has 31 heavy (non-hydrogen) atoms. The number of carboxylic acids is 1. The maximum Gasteiger partial charge on any atom is 0.330 e. The van der Waals surface area contributed by atoms with Crippen molar-refractivity contribution >= 4 is 35.6 Å². The summed E-state index contributed by atoms with van der Waals surface area (Å²) < 4.78 is 0. The van der Waals surface area contributed by atoms with Gasteiger partial charge in [0.05, 0.1) is 0 Å². The van der Waals surface area contributed by atoms with Gasteiger partial charge in [-0.15, -0.1) is 12.4 Å². The molecule has 1 fully saturated rings. The first-order valence-electron chi connectivity index (χ1n) is 10.4. The predicted molar refractivity (Wildman–Crippen MR) is 129 cm³/mol. The minimum Gasteiger partial charge on any atom is -0.479 e. The van der Waals surface area contributed by atoms with Crippen molar-refractivity contribution in [2.75, 3.05) is 30.8 Å². The second kappa shape index (κ2) is 11.0. The van der Waals surface area contributed by atoms with Crippen LogP contribution in [0, 0.1) is 5.41 Å². The number of rotatable bonds is 8. The fraction of sp³-hybridized carbons (Fsp3) is 0.391. The van der Waals surface area contributed by atoms with Gasteiger partial charge in [0.15, 0.2) is 6.04 Å². The molecular weight excluding hydrogens is 414 g/mol. The van der Waals surface area contributed by atoms with E-state index in [0.717, 1.165) is 43.6 Å². The normalized spacial score (nSPS) is 15.5. The van der Waals surface area contributed by atoms with E-state index in [0.29, 0.717) is 22.9 Å². The molecule has 168 valence electrons. The summed E-state index contributed by atoms with van der Waals surface area (Å²) in [6.45, 7) is 4.20. The molecule has 0 amide bonds. The molecule has 1 unspecified atom stereocenters. The lowest BCUT2D eigenvalue weighted by Crippen LogP contribution is -2.36. The third-order valence-electron chi connectivity index (χ3n) is 5.60. The van der Waals surface area contributed by atoms with Gasteiger partial charge in [-0.3, -0.25) is 5.41 Å². The van der Waals surface area contributed by atoms with Gasteiger partial charge in [0.25, 0.3) is 0 Å². The van der Waals surface area contributed by atoms with Crippen molar-refractivity contribution in [3.63, 3.8) is 0 Å². The van der Waals surface area contributed by atoms with Crippen molar-refractivity contribution in [3.8, 4) is 0 Å². The van der Waals surface area contributed by atoms with Crippen LogP contribution in [0.2, 0.25) is 0 Å². The molecule has 0 aromatic heterocycles. The molecule has 0 aliphatic carbocycles. The zero-order valence-electron chi connectivity index (χ0n) is 18.0. The zero-order chi connectivity index (χ0) is 21.7. The quantitative estimate of drug-likeness (QED) is 0.312. The number of aryl methyl sites for hydroxylation is 1. The molecule has 2 aromatic rings. The van der Waals surface area contributed by atoms with Crippen molar-refractivity contribution < 1.29 is 9.90 Å². The van der Waals surface area contributed by atoms with Gasteiger partial charge >= 0.3 is 5.97 Å². The van der Waals surface area contributed by atoms with Crippen molar-refractivity contribution in [2.45, 2.75) is 38.3 Å². The average Bonchev–Trinajstić information content (AvgIpc) is 2.73. The van der Waals surface area contributed by atoms with Crippen LogP contribution in [0.5, 0.6) is 0 Å². The Hall–Kier alpha value is -2.77. The van der Waals surface area contributed by atoms with E-state index < -0.39 is 12.0 Å². The maximum absolute atomic E-state index is 12.1. The maximum atomic E-state index is 12.1. The molecule has 1 aliphatic heterocycles. The van der Waals surface area contributed by atoms with Crippen LogP contribution in [0.3, 0.4) is 0 Å². The van der Waals surface area contributed by atoms with Gasteiger partial charge in [-0.2, -0.15) is 0 Å². The number of hydrogen-bond donors (Lipinski definition) is 5. The number of aliphatic carboxylic acids is 1. The molecule has 8 heteroatoms. The van der Waals surface area contributed by atoms with Gasteiger partial charge in [0.1, 0.15) is 5.84 Å². The Morgan fingerprint density at radius 1 is 1.19 bits per heavy atom. The Labute approximate surface area is 189 Å². The molecule has 0 spiro atoms. The minimum atomic E-state index is -0.941. The molecule has 1 heterocycles. The van der Waals surface area contributed by atoms with Crippen LogP contribution >= 0.6 is 12.4 Å². The van der Waals surface area contributed by atoms with Gasteiger partial charge in [-0.1, -0.05) is 13.0 Å². The fourth-order valence-electron chi connectivity index (χ4n) is 3.76. The van der Waals surface area contributed by atoms with E-state index in [4.69, 9.17) is 11.1 Å². The number of likely N-dealkylation sites (tertiary alicyclic amines) is 1.